The van der Waals surface area contributed by atoms with Crippen LogP contribution in [0, 0.1) is 0 Å². The van der Waals surface area contributed by atoms with Gasteiger partial charge in [0, 0.05) is 0 Å². The van der Waals surface area contributed by atoms with Crippen molar-refractivity contribution in [2.24, 2.45) is 5.73 Å². The summed E-state index contributed by atoms with van der Waals surface area (Å²) in [5.74, 6) is -0.387. The van der Waals surface area contributed by atoms with Crippen LogP contribution in [0.4, 0.5) is 8.78 Å². The Labute approximate surface area is 133 Å². The Morgan fingerprint density at radius 2 is 1.61 bits per heavy atom. The molecule has 0 unspecified atom stereocenters. The first-order valence-corrected chi connectivity index (χ1v) is 7.12. The lowest BCUT2D eigenvalue weighted by Crippen LogP contribution is -2.41. The van der Waals surface area contributed by atoms with Crippen molar-refractivity contribution >= 4 is 5.91 Å². The smallest absolute Gasteiger partial charge is 0.387 e. The molecule has 2 aromatic rings. The summed E-state index contributed by atoms with van der Waals surface area (Å²) >= 11 is 0. The SMILES string of the molecule is C[C@H](N[C@H](c1ccccc1)c1ccc(OC(F)F)cc1)C(N)=O. The maximum Gasteiger partial charge on any atom is 0.387 e. The number of ether oxygens (including phenoxy) is 1. The summed E-state index contributed by atoms with van der Waals surface area (Å²) in [4.78, 5) is 11.3. The summed E-state index contributed by atoms with van der Waals surface area (Å²) in [6.45, 7) is -1.19. The van der Waals surface area contributed by atoms with Crippen LogP contribution in [-0.4, -0.2) is 18.6 Å². The first-order chi connectivity index (χ1) is 11.0. The normalized spacial score (nSPS) is 13.6. The van der Waals surface area contributed by atoms with Gasteiger partial charge in [0.2, 0.25) is 5.91 Å². The fraction of sp³-hybridized carbons (Fsp3) is 0.235. The number of halogens is 2. The maximum absolute atomic E-state index is 12.2. The molecular formula is C17H18F2N2O2. The summed E-state index contributed by atoms with van der Waals surface area (Å²) in [7, 11) is 0. The number of amides is 1. The van der Waals surface area contributed by atoms with Crippen molar-refractivity contribution in [2.45, 2.75) is 25.6 Å². The molecule has 3 N–H and O–H groups in total. The van der Waals surface area contributed by atoms with E-state index >= 15 is 0 Å². The van der Waals surface area contributed by atoms with E-state index in [0.717, 1.165) is 11.1 Å². The summed E-state index contributed by atoms with van der Waals surface area (Å²) < 4.78 is 28.8. The van der Waals surface area contributed by atoms with Crippen LogP contribution in [0.15, 0.2) is 54.6 Å². The maximum atomic E-state index is 12.2. The third-order valence-corrected chi connectivity index (χ3v) is 3.41. The van der Waals surface area contributed by atoms with E-state index in [1.165, 1.54) is 12.1 Å². The van der Waals surface area contributed by atoms with Crippen LogP contribution in [0.3, 0.4) is 0 Å². The second kappa shape index (κ2) is 7.69. The third-order valence-electron chi connectivity index (χ3n) is 3.41. The summed E-state index contributed by atoms with van der Waals surface area (Å²) in [5.41, 5.74) is 7.06. The van der Waals surface area contributed by atoms with Gasteiger partial charge >= 0.3 is 6.61 Å². The molecule has 1 amide bonds. The van der Waals surface area contributed by atoms with Crippen molar-refractivity contribution in [3.63, 3.8) is 0 Å². The van der Waals surface area contributed by atoms with Gasteiger partial charge in [-0.15, -0.1) is 0 Å². The number of hydrogen-bond donors (Lipinski definition) is 2. The Kier molecular flexibility index (Phi) is 5.65. The quantitative estimate of drug-likeness (QED) is 0.824. The predicted molar refractivity (Wildman–Crippen MR) is 83.2 cm³/mol. The number of primary amides is 1. The minimum atomic E-state index is -2.86. The van der Waals surface area contributed by atoms with Crippen molar-refractivity contribution in [1.29, 1.82) is 0 Å². The lowest BCUT2D eigenvalue weighted by molar-refractivity contribution is -0.119. The van der Waals surface area contributed by atoms with E-state index in [-0.39, 0.29) is 11.8 Å². The fourth-order valence-electron chi connectivity index (χ4n) is 2.20. The molecule has 0 saturated carbocycles. The standard InChI is InChI=1S/C17H18F2N2O2/c1-11(16(20)22)21-15(12-5-3-2-4-6-12)13-7-9-14(10-8-13)23-17(18)19/h2-11,15,17,21H,1H3,(H2,20,22)/t11-,15+/m0/s1. The Balaban J connectivity index is 2.28. The molecule has 4 nitrogen and oxygen atoms in total. The van der Waals surface area contributed by atoms with Gasteiger partial charge in [0.25, 0.3) is 0 Å². The van der Waals surface area contributed by atoms with Crippen LogP contribution >= 0.6 is 0 Å². The molecule has 2 atom stereocenters. The molecule has 0 fully saturated rings. The van der Waals surface area contributed by atoms with Gasteiger partial charge in [0.1, 0.15) is 5.75 Å². The number of nitrogens with one attached hydrogen (secondary N) is 1. The molecule has 6 heteroatoms. The minimum Gasteiger partial charge on any atom is -0.435 e. The molecule has 0 aromatic heterocycles. The highest BCUT2D eigenvalue weighted by Crippen LogP contribution is 2.25. The molecule has 2 rings (SSSR count). The number of hydrogen-bond acceptors (Lipinski definition) is 3. The second-order valence-electron chi connectivity index (χ2n) is 5.08. The zero-order chi connectivity index (χ0) is 16.8. The van der Waals surface area contributed by atoms with E-state index in [9.17, 15) is 13.6 Å². The van der Waals surface area contributed by atoms with Gasteiger partial charge in [0.15, 0.2) is 0 Å². The van der Waals surface area contributed by atoms with E-state index < -0.39 is 18.6 Å². The minimum absolute atomic E-state index is 0.0820. The number of carbonyl (C=O) groups is 1. The van der Waals surface area contributed by atoms with Crippen LogP contribution in [-0.2, 0) is 4.79 Å². The van der Waals surface area contributed by atoms with Gasteiger partial charge in [-0.2, -0.15) is 8.78 Å². The molecule has 0 spiro atoms. The van der Waals surface area contributed by atoms with Crippen molar-refractivity contribution in [2.75, 3.05) is 0 Å². The topological polar surface area (TPSA) is 64.3 Å². The summed E-state index contributed by atoms with van der Waals surface area (Å²) in [5, 5.41) is 3.15. The molecule has 23 heavy (non-hydrogen) atoms. The van der Waals surface area contributed by atoms with E-state index in [0.29, 0.717) is 0 Å². The first kappa shape index (κ1) is 16.9. The zero-order valence-electron chi connectivity index (χ0n) is 12.6. The molecule has 0 bridgehead atoms. The van der Waals surface area contributed by atoms with Gasteiger partial charge in [-0.3, -0.25) is 10.1 Å². The number of carbonyl (C=O) groups excluding carboxylic acids is 1. The highest BCUT2D eigenvalue weighted by molar-refractivity contribution is 5.79. The van der Waals surface area contributed by atoms with Crippen LogP contribution in [0.5, 0.6) is 5.75 Å². The van der Waals surface area contributed by atoms with Crippen molar-refractivity contribution in [3.8, 4) is 5.75 Å². The number of alkyl halides is 2. The molecular weight excluding hydrogens is 302 g/mol. The highest BCUT2D eigenvalue weighted by Gasteiger charge is 2.19. The molecule has 0 aliphatic carbocycles. The zero-order valence-corrected chi connectivity index (χ0v) is 12.6. The van der Waals surface area contributed by atoms with Crippen LogP contribution in [0.25, 0.3) is 0 Å². The van der Waals surface area contributed by atoms with Crippen LogP contribution in [0.2, 0.25) is 0 Å². The first-order valence-electron chi connectivity index (χ1n) is 7.12. The van der Waals surface area contributed by atoms with E-state index in [1.807, 2.05) is 30.3 Å². The Bertz CT molecular complexity index is 633. The number of nitrogens with two attached hydrogens (primary N) is 1. The van der Waals surface area contributed by atoms with Gasteiger partial charge < -0.3 is 10.5 Å². The monoisotopic (exact) mass is 320 g/mol. The average molecular weight is 320 g/mol. The van der Waals surface area contributed by atoms with Gasteiger partial charge in [-0.25, -0.2) is 0 Å². The molecule has 2 aromatic carbocycles. The van der Waals surface area contributed by atoms with Crippen LogP contribution in [0.1, 0.15) is 24.1 Å². The van der Waals surface area contributed by atoms with Gasteiger partial charge in [-0.1, -0.05) is 42.5 Å². The molecule has 0 radical (unpaired) electrons. The highest BCUT2D eigenvalue weighted by atomic mass is 19.3. The molecule has 0 aliphatic rings. The van der Waals surface area contributed by atoms with Crippen molar-refractivity contribution in [1.82, 2.24) is 5.32 Å². The lowest BCUT2D eigenvalue weighted by atomic mass is 9.97. The van der Waals surface area contributed by atoms with Gasteiger partial charge in [-0.05, 0) is 30.2 Å². The van der Waals surface area contributed by atoms with E-state index in [2.05, 4.69) is 10.1 Å². The molecule has 122 valence electrons. The third kappa shape index (κ3) is 4.75. The lowest BCUT2D eigenvalue weighted by Gasteiger charge is -2.23. The predicted octanol–water partition coefficient (Wildman–Crippen LogP) is 2.84. The second-order valence-corrected chi connectivity index (χ2v) is 5.08. The average Bonchev–Trinajstić information content (AvgIpc) is 2.53. The Morgan fingerprint density at radius 3 is 2.13 bits per heavy atom. The van der Waals surface area contributed by atoms with E-state index in [4.69, 9.17) is 5.73 Å². The summed E-state index contributed by atoms with van der Waals surface area (Å²) in [6.07, 6.45) is 0. The number of benzene rings is 2. The largest absolute Gasteiger partial charge is 0.435 e. The van der Waals surface area contributed by atoms with Crippen LogP contribution < -0.4 is 15.8 Å². The van der Waals surface area contributed by atoms with Crippen molar-refractivity contribution in [3.05, 3.63) is 65.7 Å². The van der Waals surface area contributed by atoms with Gasteiger partial charge in [0.05, 0.1) is 12.1 Å². The number of rotatable bonds is 7. The summed E-state index contributed by atoms with van der Waals surface area (Å²) in [6, 6.07) is 14.9. The fourth-order valence-corrected chi connectivity index (χ4v) is 2.20. The Hall–Kier alpha value is -2.47. The van der Waals surface area contributed by atoms with Crippen molar-refractivity contribution < 1.29 is 18.3 Å². The molecule has 0 saturated heterocycles. The van der Waals surface area contributed by atoms with E-state index in [1.54, 1.807) is 19.1 Å². The molecule has 0 heterocycles. The Morgan fingerprint density at radius 1 is 1.04 bits per heavy atom. The molecule has 0 aliphatic heterocycles.